The normalized spacial score (nSPS) is 12.1. The number of nitrogens with zero attached hydrogens (tertiary/aromatic N) is 1. The minimum atomic E-state index is -4.77. The maximum absolute atomic E-state index is 12.2. The molecule has 1 unspecified atom stereocenters. The minimum Gasteiger partial charge on any atom is -0.406 e. The van der Waals surface area contributed by atoms with Gasteiger partial charge in [0.15, 0.2) is 0 Å². The minimum absolute atomic E-state index is 0.207. The Balaban J connectivity index is 1.59. The molecule has 1 heterocycles. The van der Waals surface area contributed by atoms with Crippen LogP contribution in [0.15, 0.2) is 79.1 Å². The molecule has 3 aromatic rings. The fourth-order valence-electron chi connectivity index (χ4n) is 2.75. The standard InChI is InChI=1S/C21H19F3N4O2/c22-21(23,24)30-18-8-6-17(7-9-18)26-20(29)28-27-19(16-4-2-1-3-5-16)14-15-10-12-25-13-11-15/h1-13,19,27H,14H2,(H2,26,28,29). The third-order valence-corrected chi connectivity index (χ3v) is 4.10. The number of nitrogens with one attached hydrogen (secondary N) is 3. The number of alkyl halides is 3. The highest BCUT2D eigenvalue weighted by atomic mass is 19.4. The van der Waals surface area contributed by atoms with Gasteiger partial charge in [-0.3, -0.25) is 10.4 Å². The van der Waals surface area contributed by atoms with E-state index in [2.05, 4.69) is 25.9 Å². The Bertz CT molecular complexity index is 936. The van der Waals surface area contributed by atoms with Crippen molar-refractivity contribution >= 4 is 11.7 Å². The van der Waals surface area contributed by atoms with Crippen LogP contribution in [0.1, 0.15) is 17.2 Å². The zero-order chi connectivity index (χ0) is 21.4. The van der Waals surface area contributed by atoms with Crippen molar-refractivity contribution < 1.29 is 22.7 Å². The van der Waals surface area contributed by atoms with E-state index in [4.69, 9.17) is 0 Å². The van der Waals surface area contributed by atoms with Crippen LogP contribution in [-0.2, 0) is 6.42 Å². The average molecular weight is 416 g/mol. The predicted molar refractivity (Wildman–Crippen MR) is 106 cm³/mol. The zero-order valence-electron chi connectivity index (χ0n) is 15.7. The maximum Gasteiger partial charge on any atom is 0.573 e. The number of anilines is 1. The molecule has 0 fully saturated rings. The summed E-state index contributed by atoms with van der Waals surface area (Å²) in [6.07, 6.45) is -0.763. The molecule has 0 spiro atoms. The molecule has 30 heavy (non-hydrogen) atoms. The summed E-state index contributed by atoms with van der Waals surface area (Å²) in [5.41, 5.74) is 7.89. The third kappa shape index (κ3) is 6.78. The highest BCUT2D eigenvalue weighted by Gasteiger charge is 2.30. The molecule has 3 N–H and O–H groups in total. The van der Waals surface area contributed by atoms with Crippen molar-refractivity contribution in [2.45, 2.75) is 18.8 Å². The van der Waals surface area contributed by atoms with Gasteiger partial charge in [0.1, 0.15) is 5.75 Å². The van der Waals surface area contributed by atoms with E-state index in [0.717, 1.165) is 23.3 Å². The van der Waals surface area contributed by atoms with E-state index in [1.165, 1.54) is 12.1 Å². The van der Waals surface area contributed by atoms with Crippen molar-refractivity contribution in [1.29, 1.82) is 0 Å². The van der Waals surface area contributed by atoms with Crippen LogP contribution in [0.5, 0.6) is 5.75 Å². The highest BCUT2D eigenvalue weighted by Crippen LogP contribution is 2.24. The Labute approximate surface area is 171 Å². The first kappa shape index (κ1) is 21.1. The molecule has 1 aromatic heterocycles. The first-order valence-electron chi connectivity index (χ1n) is 9.01. The van der Waals surface area contributed by atoms with Crippen LogP contribution in [-0.4, -0.2) is 17.4 Å². The summed E-state index contributed by atoms with van der Waals surface area (Å²) in [4.78, 5) is 16.2. The Kier molecular flexibility index (Phi) is 6.87. The average Bonchev–Trinajstić information content (AvgIpc) is 2.73. The summed E-state index contributed by atoms with van der Waals surface area (Å²) in [6, 6.07) is 17.5. The lowest BCUT2D eigenvalue weighted by Gasteiger charge is -2.20. The topological polar surface area (TPSA) is 75.3 Å². The summed E-state index contributed by atoms with van der Waals surface area (Å²) in [6.45, 7) is 0. The number of pyridine rings is 1. The summed E-state index contributed by atoms with van der Waals surface area (Å²) < 4.78 is 40.4. The second-order valence-electron chi connectivity index (χ2n) is 6.32. The molecule has 0 radical (unpaired) electrons. The first-order valence-corrected chi connectivity index (χ1v) is 9.01. The largest absolute Gasteiger partial charge is 0.573 e. The number of amides is 2. The number of hydrogen-bond acceptors (Lipinski definition) is 4. The van der Waals surface area contributed by atoms with E-state index >= 15 is 0 Å². The molecule has 0 aliphatic rings. The van der Waals surface area contributed by atoms with Crippen molar-refractivity contribution in [3.8, 4) is 5.75 Å². The number of rotatable bonds is 7. The number of hydrogen-bond donors (Lipinski definition) is 3. The van der Waals surface area contributed by atoms with Crippen LogP contribution in [0, 0.1) is 0 Å². The number of carbonyl (C=O) groups excluding carboxylic acids is 1. The van der Waals surface area contributed by atoms with Crippen LogP contribution < -0.4 is 20.9 Å². The van der Waals surface area contributed by atoms with Gasteiger partial charge in [0.05, 0.1) is 6.04 Å². The molecule has 0 bridgehead atoms. The quantitative estimate of drug-likeness (QED) is 0.493. The monoisotopic (exact) mass is 416 g/mol. The van der Waals surface area contributed by atoms with E-state index in [9.17, 15) is 18.0 Å². The van der Waals surface area contributed by atoms with Gasteiger partial charge in [-0.1, -0.05) is 30.3 Å². The lowest BCUT2D eigenvalue weighted by molar-refractivity contribution is -0.274. The van der Waals surface area contributed by atoms with Gasteiger partial charge < -0.3 is 10.1 Å². The molecule has 0 aliphatic carbocycles. The second kappa shape index (κ2) is 9.75. The molecule has 6 nitrogen and oxygen atoms in total. The van der Waals surface area contributed by atoms with Crippen LogP contribution in [0.2, 0.25) is 0 Å². The zero-order valence-corrected chi connectivity index (χ0v) is 15.7. The molecule has 0 saturated heterocycles. The molecule has 9 heteroatoms. The molecule has 1 atom stereocenters. The molecule has 0 saturated carbocycles. The summed E-state index contributed by atoms with van der Waals surface area (Å²) in [5, 5.41) is 2.54. The third-order valence-electron chi connectivity index (χ3n) is 4.10. The molecule has 2 amide bonds. The predicted octanol–water partition coefficient (Wildman–Crippen LogP) is 4.59. The van der Waals surface area contributed by atoms with Crippen molar-refractivity contribution in [3.05, 3.63) is 90.3 Å². The smallest absolute Gasteiger partial charge is 0.406 e. The fourth-order valence-corrected chi connectivity index (χ4v) is 2.75. The van der Waals surface area contributed by atoms with Gasteiger partial charge in [0.25, 0.3) is 0 Å². The van der Waals surface area contributed by atoms with Gasteiger partial charge >= 0.3 is 12.4 Å². The molecular formula is C21H19F3N4O2. The van der Waals surface area contributed by atoms with E-state index in [1.807, 2.05) is 42.5 Å². The van der Waals surface area contributed by atoms with Crippen molar-refractivity contribution in [1.82, 2.24) is 15.8 Å². The number of hydrazine groups is 1. The summed E-state index contributed by atoms with van der Waals surface area (Å²) in [7, 11) is 0. The van der Waals surface area contributed by atoms with E-state index in [0.29, 0.717) is 12.1 Å². The molecular weight excluding hydrogens is 397 g/mol. The van der Waals surface area contributed by atoms with E-state index in [-0.39, 0.29) is 11.8 Å². The summed E-state index contributed by atoms with van der Waals surface area (Å²) >= 11 is 0. The van der Waals surface area contributed by atoms with Crippen LogP contribution in [0.25, 0.3) is 0 Å². The van der Waals surface area contributed by atoms with Crippen molar-refractivity contribution in [2.24, 2.45) is 0 Å². The number of carbonyl (C=O) groups is 1. The summed E-state index contributed by atoms with van der Waals surface area (Å²) in [5.74, 6) is -0.368. The van der Waals surface area contributed by atoms with Gasteiger partial charge in [-0.15, -0.1) is 13.2 Å². The fraction of sp³-hybridized carbons (Fsp3) is 0.143. The van der Waals surface area contributed by atoms with Crippen LogP contribution in [0.4, 0.5) is 23.7 Å². The molecule has 156 valence electrons. The van der Waals surface area contributed by atoms with E-state index in [1.54, 1.807) is 12.4 Å². The number of benzene rings is 2. The van der Waals surface area contributed by atoms with E-state index < -0.39 is 12.4 Å². The second-order valence-corrected chi connectivity index (χ2v) is 6.32. The van der Waals surface area contributed by atoms with Gasteiger partial charge in [0.2, 0.25) is 0 Å². The number of halogens is 3. The molecule has 0 aliphatic heterocycles. The van der Waals surface area contributed by atoms with Gasteiger partial charge in [-0.05, 0) is 53.9 Å². The van der Waals surface area contributed by atoms with Gasteiger partial charge in [-0.25, -0.2) is 10.2 Å². The molecule has 2 aromatic carbocycles. The van der Waals surface area contributed by atoms with Crippen molar-refractivity contribution in [3.63, 3.8) is 0 Å². The van der Waals surface area contributed by atoms with Crippen LogP contribution in [0.3, 0.4) is 0 Å². The SMILES string of the molecule is O=C(NNC(Cc1ccncc1)c1ccccc1)Nc1ccc(OC(F)(F)F)cc1. The Morgan fingerprint density at radius 1 is 0.967 bits per heavy atom. The highest BCUT2D eigenvalue weighted by molar-refractivity contribution is 5.88. The van der Waals surface area contributed by atoms with Gasteiger partial charge in [0, 0.05) is 18.1 Å². The number of aromatic nitrogens is 1. The lowest BCUT2D eigenvalue weighted by atomic mass is 10.0. The number of ether oxygens (including phenoxy) is 1. The number of urea groups is 1. The first-order chi connectivity index (χ1) is 14.4. The Hall–Kier alpha value is -3.59. The Morgan fingerprint density at radius 3 is 2.27 bits per heavy atom. The molecule has 3 rings (SSSR count). The van der Waals surface area contributed by atoms with Gasteiger partial charge in [-0.2, -0.15) is 0 Å². The Morgan fingerprint density at radius 2 is 1.63 bits per heavy atom. The van der Waals surface area contributed by atoms with Crippen molar-refractivity contribution in [2.75, 3.05) is 5.32 Å². The maximum atomic E-state index is 12.2. The lowest BCUT2D eigenvalue weighted by Crippen LogP contribution is -2.43. The van der Waals surface area contributed by atoms with Crippen LogP contribution >= 0.6 is 0 Å².